The summed E-state index contributed by atoms with van der Waals surface area (Å²) in [6.07, 6.45) is -2.28. The highest BCUT2D eigenvalue weighted by Crippen LogP contribution is 2.32. The highest BCUT2D eigenvalue weighted by atomic mass is 32.2. The lowest BCUT2D eigenvalue weighted by atomic mass is 10.0. The van der Waals surface area contributed by atoms with Crippen LogP contribution in [0.3, 0.4) is 0 Å². The van der Waals surface area contributed by atoms with E-state index in [9.17, 15) is 26.4 Å². The number of nitrogens with one attached hydrogen (secondary N) is 1. The number of aryl methyl sites for hydroxylation is 1. The van der Waals surface area contributed by atoms with Crippen LogP contribution in [0.1, 0.15) is 53.3 Å². The Morgan fingerprint density at radius 2 is 1.76 bits per heavy atom. The van der Waals surface area contributed by atoms with Crippen LogP contribution in [0.15, 0.2) is 65.7 Å². The molecule has 8 nitrogen and oxygen atoms in total. The van der Waals surface area contributed by atoms with Gasteiger partial charge in [0, 0.05) is 19.7 Å². The average molecular weight is 589 g/mol. The summed E-state index contributed by atoms with van der Waals surface area (Å²) in [5, 5.41) is 0. The smallest absolute Gasteiger partial charge is 0.417 e. The van der Waals surface area contributed by atoms with Crippen LogP contribution >= 0.6 is 0 Å². The molecule has 4 aromatic rings. The van der Waals surface area contributed by atoms with Crippen LogP contribution in [0.5, 0.6) is 0 Å². The largest absolute Gasteiger partial charge is 0.460 e. The number of alkyl halides is 3. The van der Waals surface area contributed by atoms with Gasteiger partial charge in [-0.2, -0.15) is 17.5 Å². The Balaban J connectivity index is 1.50. The summed E-state index contributed by atoms with van der Waals surface area (Å²) in [6, 6.07) is 11.8. The number of ether oxygens (including phenoxy) is 1. The number of hydrogen-bond donors (Lipinski definition) is 1. The summed E-state index contributed by atoms with van der Waals surface area (Å²) in [6.45, 7) is 5.20. The second-order valence-corrected chi connectivity index (χ2v) is 12.2. The quantitative estimate of drug-likeness (QED) is 0.236. The first-order chi connectivity index (χ1) is 19.3. The molecule has 0 bridgehead atoms. The fraction of sp³-hybridized carbons (Fsp3) is 0.345. The lowest BCUT2D eigenvalue weighted by molar-refractivity contribution is -0.138. The number of aromatic amines is 1. The second-order valence-electron chi connectivity index (χ2n) is 10.2. The van der Waals surface area contributed by atoms with E-state index >= 15 is 0 Å². The monoisotopic (exact) mass is 588 g/mol. The van der Waals surface area contributed by atoms with Gasteiger partial charge >= 0.3 is 12.1 Å². The third kappa shape index (κ3) is 6.94. The molecule has 218 valence electrons. The van der Waals surface area contributed by atoms with E-state index < -0.39 is 45.9 Å². The number of hydrogen-bond acceptors (Lipinski definition) is 6. The molecule has 2 heterocycles. The third-order valence-corrected chi connectivity index (χ3v) is 8.61. The number of aromatic nitrogens is 3. The zero-order valence-corrected chi connectivity index (χ0v) is 23.9. The predicted molar refractivity (Wildman–Crippen MR) is 148 cm³/mol. The Kier molecular flexibility index (Phi) is 8.83. The number of H-pyrrole nitrogens is 1. The molecule has 0 saturated carbocycles. The molecule has 0 aliphatic carbocycles. The molecule has 4 rings (SSSR count). The first-order valence-electron chi connectivity index (χ1n) is 13.0. The topological polar surface area (TPSA) is 105 Å². The molecule has 0 radical (unpaired) electrons. The number of imidazole rings is 1. The van der Waals surface area contributed by atoms with E-state index in [1.165, 1.54) is 31.3 Å². The van der Waals surface area contributed by atoms with Crippen molar-refractivity contribution < 1.29 is 31.1 Å². The van der Waals surface area contributed by atoms with E-state index in [-0.39, 0.29) is 10.8 Å². The van der Waals surface area contributed by atoms with E-state index in [0.717, 1.165) is 44.6 Å². The zero-order valence-electron chi connectivity index (χ0n) is 23.1. The molecular weight excluding hydrogens is 557 g/mol. The number of sulfonamides is 1. The molecule has 41 heavy (non-hydrogen) atoms. The third-order valence-electron chi connectivity index (χ3n) is 6.68. The number of nitrogens with zero attached hydrogens (tertiary/aromatic N) is 3. The molecule has 0 aliphatic heterocycles. The maximum absolute atomic E-state index is 13.5. The van der Waals surface area contributed by atoms with Gasteiger partial charge in [-0.3, -0.25) is 4.98 Å². The van der Waals surface area contributed by atoms with Gasteiger partial charge in [0.15, 0.2) is 0 Å². The predicted octanol–water partition coefficient (Wildman–Crippen LogP) is 5.77. The van der Waals surface area contributed by atoms with Gasteiger partial charge in [0.25, 0.3) is 0 Å². The van der Waals surface area contributed by atoms with Crippen molar-refractivity contribution in [1.29, 1.82) is 0 Å². The molecule has 2 aromatic carbocycles. The van der Waals surface area contributed by atoms with Crippen molar-refractivity contribution in [1.82, 2.24) is 19.3 Å². The van der Waals surface area contributed by atoms with Crippen LogP contribution < -0.4 is 0 Å². The van der Waals surface area contributed by atoms with Crippen LogP contribution in [0.25, 0.3) is 11.0 Å². The number of fused-ring (bicyclic) bond motifs is 1. The first-order valence-corrected chi connectivity index (χ1v) is 14.4. The second kappa shape index (κ2) is 12.0. The van der Waals surface area contributed by atoms with Gasteiger partial charge in [0.2, 0.25) is 10.0 Å². The molecule has 12 heteroatoms. The van der Waals surface area contributed by atoms with Crippen molar-refractivity contribution in [2.75, 3.05) is 13.7 Å². The molecule has 2 aromatic heterocycles. The van der Waals surface area contributed by atoms with Crippen LogP contribution in [0.4, 0.5) is 13.2 Å². The van der Waals surface area contributed by atoms with Crippen molar-refractivity contribution in [3.63, 3.8) is 0 Å². The van der Waals surface area contributed by atoms with E-state index in [1.54, 1.807) is 18.3 Å². The summed E-state index contributed by atoms with van der Waals surface area (Å²) in [5.74, 6) is -0.385. The maximum Gasteiger partial charge on any atom is 0.417 e. The molecule has 1 atom stereocenters. The minimum absolute atomic E-state index is 0.0158. The van der Waals surface area contributed by atoms with Gasteiger partial charge < -0.3 is 9.72 Å². The number of carbonyl (C=O) groups is 1. The summed E-state index contributed by atoms with van der Waals surface area (Å²) in [7, 11) is -2.65. The van der Waals surface area contributed by atoms with Crippen molar-refractivity contribution in [3.8, 4) is 0 Å². The van der Waals surface area contributed by atoms with Gasteiger partial charge in [-0.25, -0.2) is 18.2 Å². The highest BCUT2D eigenvalue weighted by Gasteiger charge is 2.36. The molecular formula is C29H31F3N4O4S. The van der Waals surface area contributed by atoms with Crippen molar-refractivity contribution in [2.45, 2.75) is 50.7 Å². The molecule has 0 saturated heterocycles. The van der Waals surface area contributed by atoms with Crippen molar-refractivity contribution in [2.24, 2.45) is 5.92 Å². The number of benzene rings is 2. The molecule has 1 N–H and O–H groups in total. The van der Waals surface area contributed by atoms with Crippen LogP contribution in [-0.4, -0.2) is 53.3 Å². The number of pyridine rings is 1. The van der Waals surface area contributed by atoms with E-state index in [1.807, 2.05) is 26.8 Å². The van der Waals surface area contributed by atoms with Gasteiger partial charge in [-0.1, -0.05) is 38.1 Å². The Morgan fingerprint density at radius 3 is 2.41 bits per heavy atom. The Labute approximate surface area is 236 Å². The summed E-state index contributed by atoms with van der Waals surface area (Å²) in [5.41, 5.74) is 1.48. The highest BCUT2D eigenvalue weighted by molar-refractivity contribution is 7.89. The lowest BCUT2D eigenvalue weighted by Gasteiger charge is -2.28. The molecule has 0 unspecified atom stereocenters. The standard InChI is InChI=1S/C29H31F3N4O4S/c1-18(2)15-21(17-40-28(37)23-7-5-6-8-24(23)29(30,31)32)36(4)41(38,39)22-11-9-20(10-12-22)16-26-27-25(13-14-33-26)34-19(3)35-27/h5-14,18,21H,15-17H2,1-4H3,(H,34,35)/t21-/m0/s1. The zero-order chi connectivity index (χ0) is 29.9. The molecule has 0 aliphatic rings. The SMILES string of the molecule is Cc1nc2c(Cc3ccc(S(=O)(=O)N(C)[C@H](COC(=O)c4ccccc4C(F)(F)F)CC(C)C)cc3)nccc2[nH]1. The minimum Gasteiger partial charge on any atom is -0.460 e. The van der Waals surface area contributed by atoms with Crippen molar-refractivity contribution >= 4 is 27.0 Å². The van der Waals surface area contributed by atoms with Gasteiger partial charge in [0.1, 0.15) is 17.9 Å². The van der Waals surface area contributed by atoms with Gasteiger partial charge in [-0.05, 0) is 55.2 Å². The number of esters is 1. The number of halogens is 3. The summed E-state index contributed by atoms with van der Waals surface area (Å²) in [4.78, 5) is 24.7. The fourth-order valence-corrected chi connectivity index (χ4v) is 5.95. The van der Waals surface area contributed by atoms with E-state index in [0.29, 0.717) is 12.8 Å². The summed E-state index contributed by atoms with van der Waals surface area (Å²) >= 11 is 0. The van der Waals surface area contributed by atoms with Gasteiger partial charge in [-0.15, -0.1) is 0 Å². The normalized spacial score (nSPS) is 13.2. The fourth-order valence-electron chi connectivity index (χ4n) is 4.60. The summed E-state index contributed by atoms with van der Waals surface area (Å²) < 4.78 is 73.5. The average Bonchev–Trinajstić information content (AvgIpc) is 3.31. The molecule has 0 spiro atoms. The minimum atomic E-state index is -4.74. The maximum atomic E-state index is 13.5. The van der Waals surface area contributed by atoms with Crippen molar-refractivity contribution in [3.05, 3.63) is 89.0 Å². The van der Waals surface area contributed by atoms with Gasteiger partial charge in [0.05, 0.1) is 33.3 Å². The van der Waals surface area contributed by atoms with Crippen LogP contribution in [-0.2, 0) is 27.4 Å². The lowest BCUT2D eigenvalue weighted by Crippen LogP contribution is -2.41. The molecule has 0 fully saturated rings. The van der Waals surface area contributed by atoms with Crippen LogP contribution in [0.2, 0.25) is 0 Å². The Hall–Kier alpha value is -3.77. The molecule has 0 amide bonds. The Bertz CT molecular complexity index is 1630. The van der Waals surface area contributed by atoms with Crippen LogP contribution in [0, 0.1) is 12.8 Å². The first kappa shape index (κ1) is 30.2. The number of carbonyl (C=O) groups excluding carboxylic acids is 1. The van der Waals surface area contributed by atoms with E-state index in [2.05, 4.69) is 15.0 Å². The number of rotatable bonds is 10. The Morgan fingerprint density at radius 1 is 1.07 bits per heavy atom. The van der Waals surface area contributed by atoms with E-state index in [4.69, 9.17) is 4.74 Å². The number of likely N-dealkylation sites (N-methyl/N-ethyl adjacent to an activating group) is 1.